The summed E-state index contributed by atoms with van der Waals surface area (Å²) in [6.45, 7) is 12.1. The fourth-order valence-electron chi connectivity index (χ4n) is 3.55. The van der Waals surface area contributed by atoms with Gasteiger partial charge < -0.3 is 5.32 Å². The summed E-state index contributed by atoms with van der Waals surface area (Å²) >= 11 is 6.23. The summed E-state index contributed by atoms with van der Waals surface area (Å²) in [5.41, 5.74) is 4.67. The molecule has 3 aromatic carbocycles. The third-order valence-corrected chi connectivity index (χ3v) is 7.80. The zero-order valence-corrected chi connectivity index (χ0v) is 21.9. The molecular formula is C27H31ClN2O3S. The van der Waals surface area contributed by atoms with Crippen LogP contribution in [0.1, 0.15) is 66.3 Å². The van der Waals surface area contributed by atoms with Gasteiger partial charge in [0.2, 0.25) is 0 Å². The highest BCUT2D eigenvalue weighted by atomic mass is 35.5. The summed E-state index contributed by atoms with van der Waals surface area (Å²) in [6.07, 6.45) is 0. The van der Waals surface area contributed by atoms with Gasteiger partial charge in [0.15, 0.2) is 0 Å². The quantitative estimate of drug-likeness (QED) is 0.404. The molecule has 0 aliphatic carbocycles. The molecule has 0 saturated carbocycles. The Hall–Kier alpha value is -2.83. The third kappa shape index (κ3) is 5.80. The van der Waals surface area contributed by atoms with Gasteiger partial charge in [-0.15, -0.1) is 0 Å². The number of hydrogen-bond donors (Lipinski definition) is 2. The lowest BCUT2D eigenvalue weighted by atomic mass is 9.86. The number of carbonyl (C=O) groups excluding carboxylic acids is 1. The van der Waals surface area contributed by atoms with Gasteiger partial charge in [-0.3, -0.25) is 9.52 Å². The highest BCUT2D eigenvalue weighted by Gasteiger charge is 2.22. The molecule has 0 saturated heterocycles. The number of carbonyl (C=O) groups is 1. The van der Waals surface area contributed by atoms with Crippen LogP contribution in [-0.2, 0) is 15.4 Å². The summed E-state index contributed by atoms with van der Waals surface area (Å²) in [6, 6.07) is 17.5. The van der Waals surface area contributed by atoms with Crippen LogP contribution >= 0.6 is 11.6 Å². The SMILES string of the molecule is Cc1cccc(NS(=O)(=O)c2cc(C(=O)NC(C)c3ccc(C(C)(C)C)cc3)ccc2Cl)c1C. The van der Waals surface area contributed by atoms with Crippen LogP contribution in [0.3, 0.4) is 0 Å². The van der Waals surface area contributed by atoms with E-state index in [1.807, 2.05) is 39.0 Å². The predicted octanol–water partition coefficient (Wildman–Crippen LogP) is 6.55. The summed E-state index contributed by atoms with van der Waals surface area (Å²) in [4.78, 5) is 12.8. The molecule has 7 heteroatoms. The van der Waals surface area contributed by atoms with E-state index in [4.69, 9.17) is 11.6 Å². The lowest BCUT2D eigenvalue weighted by Crippen LogP contribution is -2.27. The van der Waals surface area contributed by atoms with E-state index in [9.17, 15) is 13.2 Å². The van der Waals surface area contributed by atoms with E-state index in [0.717, 1.165) is 16.7 Å². The molecule has 180 valence electrons. The van der Waals surface area contributed by atoms with Gasteiger partial charge in [-0.05, 0) is 72.7 Å². The first-order chi connectivity index (χ1) is 15.8. The Morgan fingerprint density at radius 1 is 0.971 bits per heavy atom. The molecule has 3 rings (SSSR count). The second kappa shape index (κ2) is 9.80. The van der Waals surface area contributed by atoms with Crippen molar-refractivity contribution in [1.82, 2.24) is 5.32 Å². The van der Waals surface area contributed by atoms with Crippen molar-refractivity contribution in [3.63, 3.8) is 0 Å². The Morgan fingerprint density at radius 3 is 2.24 bits per heavy atom. The molecule has 0 heterocycles. The second-order valence-electron chi connectivity index (χ2n) is 9.57. The zero-order chi connectivity index (χ0) is 25.3. The van der Waals surface area contributed by atoms with E-state index in [1.54, 1.807) is 12.1 Å². The first-order valence-corrected chi connectivity index (χ1v) is 13.0. The van der Waals surface area contributed by atoms with Crippen LogP contribution in [0.15, 0.2) is 65.6 Å². The first kappa shape index (κ1) is 25.8. The Balaban J connectivity index is 1.82. The minimum atomic E-state index is -4.00. The molecule has 2 N–H and O–H groups in total. The van der Waals surface area contributed by atoms with Crippen molar-refractivity contribution in [2.45, 2.75) is 57.9 Å². The number of amides is 1. The van der Waals surface area contributed by atoms with Crippen molar-refractivity contribution in [3.05, 3.63) is 93.5 Å². The highest BCUT2D eigenvalue weighted by Crippen LogP contribution is 2.28. The number of aryl methyl sites for hydroxylation is 1. The Morgan fingerprint density at radius 2 is 1.62 bits per heavy atom. The number of sulfonamides is 1. The van der Waals surface area contributed by atoms with Crippen LogP contribution in [0.25, 0.3) is 0 Å². The van der Waals surface area contributed by atoms with Crippen molar-refractivity contribution in [3.8, 4) is 0 Å². The fourth-order valence-corrected chi connectivity index (χ4v) is 5.20. The topological polar surface area (TPSA) is 75.3 Å². The van der Waals surface area contributed by atoms with E-state index in [0.29, 0.717) is 5.69 Å². The normalized spacial score (nSPS) is 12.8. The van der Waals surface area contributed by atoms with Gasteiger partial charge in [-0.25, -0.2) is 8.42 Å². The van der Waals surface area contributed by atoms with Gasteiger partial charge >= 0.3 is 0 Å². The molecule has 0 aliphatic heterocycles. The van der Waals surface area contributed by atoms with Crippen molar-refractivity contribution in [2.24, 2.45) is 0 Å². The van der Waals surface area contributed by atoms with Gasteiger partial charge in [0, 0.05) is 5.56 Å². The van der Waals surface area contributed by atoms with E-state index >= 15 is 0 Å². The minimum Gasteiger partial charge on any atom is -0.346 e. The Labute approximate surface area is 207 Å². The highest BCUT2D eigenvalue weighted by molar-refractivity contribution is 7.92. The van der Waals surface area contributed by atoms with Crippen LogP contribution in [-0.4, -0.2) is 14.3 Å². The number of benzene rings is 3. The molecule has 0 aliphatic rings. The molecule has 0 spiro atoms. The van der Waals surface area contributed by atoms with Gasteiger partial charge in [0.1, 0.15) is 4.90 Å². The molecule has 1 unspecified atom stereocenters. The maximum Gasteiger partial charge on any atom is 0.263 e. The van der Waals surface area contributed by atoms with Crippen molar-refractivity contribution >= 4 is 33.2 Å². The molecule has 0 aromatic heterocycles. The molecule has 3 aromatic rings. The summed E-state index contributed by atoms with van der Waals surface area (Å²) < 4.78 is 28.8. The Kier molecular flexibility index (Phi) is 7.44. The second-order valence-corrected chi connectivity index (χ2v) is 11.6. The van der Waals surface area contributed by atoms with Crippen LogP contribution in [0.2, 0.25) is 5.02 Å². The average Bonchev–Trinajstić information content (AvgIpc) is 2.76. The van der Waals surface area contributed by atoms with Crippen LogP contribution in [0.4, 0.5) is 5.69 Å². The van der Waals surface area contributed by atoms with Gasteiger partial charge in [0.25, 0.3) is 15.9 Å². The minimum absolute atomic E-state index is 0.0418. The molecule has 34 heavy (non-hydrogen) atoms. The third-order valence-electron chi connectivity index (χ3n) is 5.96. The van der Waals surface area contributed by atoms with Gasteiger partial charge in [-0.2, -0.15) is 0 Å². The number of nitrogens with one attached hydrogen (secondary N) is 2. The lowest BCUT2D eigenvalue weighted by Gasteiger charge is -2.21. The van der Waals surface area contributed by atoms with Crippen molar-refractivity contribution < 1.29 is 13.2 Å². The monoisotopic (exact) mass is 498 g/mol. The van der Waals surface area contributed by atoms with E-state index < -0.39 is 10.0 Å². The van der Waals surface area contributed by atoms with Crippen LogP contribution in [0.5, 0.6) is 0 Å². The predicted molar refractivity (Wildman–Crippen MR) is 139 cm³/mol. The van der Waals surface area contributed by atoms with Crippen LogP contribution in [0, 0.1) is 13.8 Å². The first-order valence-electron chi connectivity index (χ1n) is 11.1. The molecule has 0 radical (unpaired) electrons. The molecule has 1 atom stereocenters. The van der Waals surface area contributed by atoms with Crippen molar-refractivity contribution in [1.29, 1.82) is 0 Å². The van der Waals surface area contributed by atoms with E-state index in [2.05, 4.69) is 42.9 Å². The molecular weight excluding hydrogens is 468 g/mol. The fraction of sp³-hybridized carbons (Fsp3) is 0.296. The van der Waals surface area contributed by atoms with Gasteiger partial charge in [0.05, 0.1) is 16.8 Å². The largest absolute Gasteiger partial charge is 0.346 e. The Bertz CT molecular complexity index is 1310. The molecule has 0 bridgehead atoms. The summed E-state index contributed by atoms with van der Waals surface area (Å²) in [7, 11) is -4.00. The molecule has 5 nitrogen and oxygen atoms in total. The van der Waals surface area contributed by atoms with Crippen LogP contribution < -0.4 is 10.0 Å². The maximum absolute atomic E-state index is 13.1. The number of anilines is 1. The number of hydrogen-bond acceptors (Lipinski definition) is 3. The summed E-state index contributed by atoms with van der Waals surface area (Å²) in [5, 5.41) is 2.98. The average molecular weight is 499 g/mol. The summed E-state index contributed by atoms with van der Waals surface area (Å²) in [5.74, 6) is -0.382. The number of halogens is 1. The van der Waals surface area contributed by atoms with E-state index in [-0.39, 0.29) is 32.8 Å². The molecule has 0 fully saturated rings. The maximum atomic E-state index is 13.1. The van der Waals surface area contributed by atoms with Crippen molar-refractivity contribution in [2.75, 3.05) is 4.72 Å². The van der Waals surface area contributed by atoms with Gasteiger partial charge in [-0.1, -0.05) is 68.8 Å². The lowest BCUT2D eigenvalue weighted by molar-refractivity contribution is 0.0939. The number of rotatable bonds is 6. The zero-order valence-electron chi connectivity index (χ0n) is 20.4. The standard InChI is InChI=1S/C27H31ClN2O3S/c1-17-8-7-9-24(18(17)2)30-34(32,33)25-16-21(12-15-23(25)28)26(31)29-19(3)20-10-13-22(14-11-20)27(4,5)6/h7-16,19,30H,1-6H3,(H,29,31). The smallest absolute Gasteiger partial charge is 0.263 e. The molecule has 1 amide bonds. The van der Waals surface area contributed by atoms with E-state index in [1.165, 1.54) is 23.8 Å².